The van der Waals surface area contributed by atoms with Crippen LogP contribution in [0.15, 0.2) is 42.5 Å². The van der Waals surface area contributed by atoms with Crippen LogP contribution in [0.4, 0.5) is 15.8 Å². The van der Waals surface area contributed by atoms with E-state index in [0.717, 1.165) is 12.1 Å². The van der Waals surface area contributed by atoms with Crippen LogP contribution in [0, 0.1) is 5.82 Å². The Bertz CT molecular complexity index is 901. The van der Waals surface area contributed by atoms with Gasteiger partial charge in [0.1, 0.15) is 0 Å². The van der Waals surface area contributed by atoms with E-state index in [1.54, 1.807) is 24.3 Å². The predicted octanol–water partition coefficient (Wildman–Crippen LogP) is 3.95. The third-order valence-electron chi connectivity index (χ3n) is 4.87. The first-order valence-electron chi connectivity index (χ1n) is 9.97. The highest BCUT2D eigenvalue weighted by molar-refractivity contribution is 6.31. The third-order valence-corrected chi connectivity index (χ3v) is 5.10. The van der Waals surface area contributed by atoms with Crippen LogP contribution >= 0.6 is 11.6 Å². The van der Waals surface area contributed by atoms with Crippen molar-refractivity contribution in [2.75, 3.05) is 43.0 Å². The number of ether oxygens (including phenoxy) is 1. The van der Waals surface area contributed by atoms with Crippen LogP contribution in [0.25, 0.3) is 0 Å². The summed E-state index contributed by atoms with van der Waals surface area (Å²) in [4.78, 5) is 28.5. The maximum atomic E-state index is 13.7. The number of nitrogens with one attached hydrogen (secondary N) is 1. The summed E-state index contributed by atoms with van der Waals surface area (Å²) in [6, 6.07) is 11.2. The fourth-order valence-electron chi connectivity index (χ4n) is 3.34. The highest BCUT2D eigenvalue weighted by atomic mass is 35.5. The number of carbonyl (C=O) groups is 2. The number of amides is 2. The maximum Gasteiger partial charge on any atom is 0.262 e. The van der Waals surface area contributed by atoms with Crippen molar-refractivity contribution in [3.63, 3.8) is 0 Å². The summed E-state index contributed by atoms with van der Waals surface area (Å²) in [5, 5.41) is 3.29. The van der Waals surface area contributed by atoms with Crippen LogP contribution < -0.4 is 15.0 Å². The number of benzene rings is 2. The summed E-state index contributed by atoms with van der Waals surface area (Å²) in [6.07, 6.45) is 1.39. The van der Waals surface area contributed by atoms with Crippen molar-refractivity contribution in [2.45, 2.75) is 19.8 Å². The average molecular weight is 434 g/mol. The van der Waals surface area contributed by atoms with Gasteiger partial charge in [-0.05, 0) is 36.8 Å². The molecule has 0 saturated carbocycles. The molecule has 0 atom stereocenters. The Morgan fingerprint density at radius 2 is 1.87 bits per heavy atom. The van der Waals surface area contributed by atoms with Gasteiger partial charge in [0, 0.05) is 37.6 Å². The molecular formula is C22H25ClFN3O3. The Morgan fingerprint density at radius 3 is 2.57 bits per heavy atom. The second-order valence-corrected chi connectivity index (χ2v) is 7.48. The minimum Gasteiger partial charge on any atom is -0.481 e. The standard InChI is InChI=1S/C22H25ClFN3O3/c1-2-5-22(29)27-12-10-26(11-13-27)19-9-8-16(23)14-18(19)25-21(28)15-30-20-7-4-3-6-17(20)24/h3-4,6-9,14H,2,5,10-13,15H2,1H3,(H,25,28). The van der Waals surface area contributed by atoms with E-state index in [4.69, 9.17) is 16.3 Å². The molecule has 0 radical (unpaired) electrons. The lowest BCUT2D eigenvalue weighted by Gasteiger charge is -2.37. The van der Waals surface area contributed by atoms with Crippen molar-refractivity contribution in [3.05, 3.63) is 53.3 Å². The van der Waals surface area contributed by atoms with Gasteiger partial charge in [-0.3, -0.25) is 9.59 Å². The van der Waals surface area contributed by atoms with Crippen molar-refractivity contribution < 1.29 is 18.7 Å². The molecule has 0 aliphatic carbocycles. The lowest BCUT2D eigenvalue weighted by atomic mass is 10.2. The molecular weight excluding hydrogens is 409 g/mol. The Kier molecular flexibility index (Phi) is 7.52. The van der Waals surface area contributed by atoms with Gasteiger partial charge >= 0.3 is 0 Å². The molecule has 2 aromatic carbocycles. The van der Waals surface area contributed by atoms with E-state index in [-0.39, 0.29) is 18.3 Å². The molecule has 160 valence electrons. The van der Waals surface area contributed by atoms with Crippen LogP contribution in [-0.4, -0.2) is 49.5 Å². The van der Waals surface area contributed by atoms with E-state index in [9.17, 15) is 14.0 Å². The second-order valence-electron chi connectivity index (χ2n) is 7.05. The SMILES string of the molecule is CCCC(=O)N1CCN(c2ccc(Cl)cc2NC(=O)COc2ccccc2F)CC1. The normalized spacial score (nSPS) is 13.8. The van der Waals surface area contributed by atoms with Crippen LogP contribution in [0.5, 0.6) is 5.75 Å². The Morgan fingerprint density at radius 1 is 1.13 bits per heavy atom. The molecule has 2 aromatic rings. The molecule has 0 spiro atoms. The van der Waals surface area contributed by atoms with E-state index in [0.29, 0.717) is 43.3 Å². The fourth-order valence-corrected chi connectivity index (χ4v) is 3.52. The topological polar surface area (TPSA) is 61.9 Å². The van der Waals surface area contributed by atoms with Gasteiger partial charge in [-0.25, -0.2) is 4.39 Å². The molecule has 1 heterocycles. The first-order valence-corrected chi connectivity index (χ1v) is 10.3. The number of halogens is 2. The predicted molar refractivity (Wildman–Crippen MR) is 116 cm³/mol. The zero-order valence-corrected chi connectivity index (χ0v) is 17.6. The van der Waals surface area contributed by atoms with Crippen LogP contribution in [0.1, 0.15) is 19.8 Å². The molecule has 1 aliphatic rings. The Balaban J connectivity index is 1.63. The van der Waals surface area contributed by atoms with E-state index in [1.807, 2.05) is 17.9 Å². The molecule has 2 amide bonds. The van der Waals surface area contributed by atoms with Gasteiger partial charge < -0.3 is 19.9 Å². The molecule has 8 heteroatoms. The number of hydrogen-bond donors (Lipinski definition) is 1. The first-order chi connectivity index (χ1) is 14.5. The highest BCUT2D eigenvalue weighted by Crippen LogP contribution is 2.30. The number of hydrogen-bond acceptors (Lipinski definition) is 4. The zero-order valence-electron chi connectivity index (χ0n) is 16.9. The molecule has 0 unspecified atom stereocenters. The fraction of sp³-hybridized carbons (Fsp3) is 0.364. The van der Waals surface area contributed by atoms with Crippen molar-refractivity contribution in [1.29, 1.82) is 0 Å². The second kappa shape index (κ2) is 10.3. The van der Waals surface area contributed by atoms with Gasteiger partial charge in [-0.15, -0.1) is 0 Å². The smallest absolute Gasteiger partial charge is 0.262 e. The summed E-state index contributed by atoms with van der Waals surface area (Å²) in [7, 11) is 0. The summed E-state index contributed by atoms with van der Waals surface area (Å²) in [5.74, 6) is -0.748. The molecule has 0 aromatic heterocycles. The van der Waals surface area contributed by atoms with Crippen molar-refractivity contribution in [3.8, 4) is 5.75 Å². The molecule has 6 nitrogen and oxygen atoms in total. The van der Waals surface area contributed by atoms with E-state index >= 15 is 0 Å². The van der Waals surface area contributed by atoms with Gasteiger partial charge in [0.25, 0.3) is 5.91 Å². The summed E-state index contributed by atoms with van der Waals surface area (Å²) < 4.78 is 18.9. The van der Waals surface area contributed by atoms with Gasteiger partial charge in [-0.2, -0.15) is 0 Å². The van der Waals surface area contributed by atoms with E-state index in [1.165, 1.54) is 12.1 Å². The highest BCUT2D eigenvalue weighted by Gasteiger charge is 2.23. The molecule has 3 rings (SSSR count). The summed E-state index contributed by atoms with van der Waals surface area (Å²) in [5.41, 5.74) is 1.37. The van der Waals surface area contributed by atoms with Crippen LogP contribution in [0.2, 0.25) is 5.02 Å². The third kappa shape index (κ3) is 5.63. The van der Waals surface area contributed by atoms with Gasteiger partial charge in [0.05, 0.1) is 11.4 Å². The largest absolute Gasteiger partial charge is 0.481 e. The number of nitrogens with zero attached hydrogens (tertiary/aromatic N) is 2. The number of carbonyl (C=O) groups excluding carboxylic acids is 2. The van der Waals surface area contributed by atoms with Gasteiger partial charge in [0.15, 0.2) is 18.2 Å². The quantitative estimate of drug-likeness (QED) is 0.718. The van der Waals surface area contributed by atoms with Crippen LogP contribution in [-0.2, 0) is 9.59 Å². The minimum absolute atomic E-state index is 0.0202. The zero-order chi connectivity index (χ0) is 21.5. The molecule has 1 fully saturated rings. The Labute approximate surface area is 180 Å². The van der Waals surface area contributed by atoms with Crippen molar-refractivity contribution in [1.82, 2.24) is 4.90 Å². The lowest BCUT2D eigenvalue weighted by molar-refractivity contribution is -0.131. The van der Waals surface area contributed by atoms with Gasteiger partial charge in [0.2, 0.25) is 5.91 Å². The van der Waals surface area contributed by atoms with Crippen molar-refractivity contribution >= 4 is 34.8 Å². The number of rotatable bonds is 7. The van der Waals surface area contributed by atoms with E-state index < -0.39 is 11.7 Å². The molecule has 30 heavy (non-hydrogen) atoms. The average Bonchev–Trinajstić information content (AvgIpc) is 2.74. The minimum atomic E-state index is -0.524. The number of para-hydroxylation sites is 1. The Hall–Kier alpha value is -2.80. The first kappa shape index (κ1) is 21.9. The number of anilines is 2. The molecule has 1 aliphatic heterocycles. The van der Waals surface area contributed by atoms with Gasteiger partial charge in [-0.1, -0.05) is 30.7 Å². The molecule has 0 bridgehead atoms. The summed E-state index contributed by atoms with van der Waals surface area (Å²) >= 11 is 6.13. The molecule has 1 N–H and O–H groups in total. The van der Waals surface area contributed by atoms with Crippen molar-refractivity contribution in [2.24, 2.45) is 0 Å². The van der Waals surface area contributed by atoms with Crippen LogP contribution in [0.3, 0.4) is 0 Å². The van der Waals surface area contributed by atoms with E-state index in [2.05, 4.69) is 10.2 Å². The molecule has 1 saturated heterocycles. The number of piperazine rings is 1. The summed E-state index contributed by atoms with van der Waals surface area (Å²) in [6.45, 7) is 4.24. The monoisotopic (exact) mass is 433 g/mol. The lowest BCUT2D eigenvalue weighted by Crippen LogP contribution is -2.49. The maximum absolute atomic E-state index is 13.7.